The van der Waals surface area contributed by atoms with Crippen LogP contribution in [0.25, 0.3) is 5.69 Å². The highest BCUT2D eigenvalue weighted by Gasteiger charge is 2.21. The third-order valence-electron chi connectivity index (χ3n) is 4.14. The zero-order valence-corrected chi connectivity index (χ0v) is 16.2. The lowest BCUT2D eigenvalue weighted by atomic mass is 10.2. The van der Waals surface area contributed by atoms with Crippen molar-refractivity contribution in [3.05, 3.63) is 71.8 Å². The number of imidazole rings is 1. The van der Waals surface area contributed by atoms with Gasteiger partial charge in [0.15, 0.2) is 5.16 Å². The first kappa shape index (κ1) is 19.0. The van der Waals surface area contributed by atoms with Crippen molar-refractivity contribution in [3.8, 4) is 11.4 Å². The molecule has 0 atom stereocenters. The largest absolute Gasteiger partial charge is 0.497 e. The molecule has 0 unspecified atom stereocenters. The summed E-state index contributed by atoms with van der Waals surface area (Å²) in [5.41, 5.74) is 2.12. The van der Waals surface area contributed by atoms with E-state index < -0.39 is 0 Å². The Morgan fingerprint density at radius 3 is 2.44 bits per heavy atom. The van der Waals surface area contributed by atoms with E-state index in [4.69, 9.17) is 4.74 Å². The van der Waals surface area contributed by atoms with Gasteiger partial charge in [0.25, 0.3) is 5.91 Å². The van der Waals surface area contributed by atoms with Gasteiger partial charge in [-0.25, -0.2) is 9.37 Å². The quantitative estimate of drug-likeness (QED) is 0.602. The predicted molar refractivity (Wildman–Crippen MR) is 104 cm³/mol. The van der Waals surface area contributed by atoms with Crippen molar-refractivity contribution in [2.45, 2.75) is 11.7 Å². The Kier molecular flexibility index (Phi) is 5.81. The molecule has 1 amide bonds. The predicted octanol–water partition coefficient (Wildman–Crippen LogP) is 4.01. The van der Waals surface area contributed by atoms with Crippen LogP contribution in [0.3, 0.4) is 0 Å². The van der Waals surface area contributed by atoms with Crippen LogP contribution in [0.5, 0.6) is 5.75 Å². The van der Waals surface area contributed by atoms with E-state index in [1.54, 1.807) is 42.0 Å². The van der Waals surface area contributed by atoms with Crippen LogP contribution in [-0.2, 0) is 6.54 Å². The molecule has 140 valence electrons. The fraction of sp³-hybridized carbons (Fsp3) is 0.200. The maximum atomic E-state index is 13.3. The van der Waals surface area contributed by atoms with E-state index >= 15 is 0 Å². The van der Waals surface area contributed by atoms with E-state index in [9.17, 15) is 9.18 Å². The standard InChI is InChI=1S/C20H20FN3O2S/c1-23(13-14-4-10-17(26-2)11-5-14)19(25)18-12-22-20(27-3)24(18)16-8-6-15(21)7-9-16/h4-12H,13H2,1-3H3. The molecule has 0 fully saturated rings. The lowest BCUT2D eigenvalue weighted by Gasteiger charge is -2.19. The van der Waals surface area contributed by atoms with Gasteiger partial charge in [-0.05, 0) is 48.2 Å². The van der Waals surface area contributed by atoms with E-state index in [0.29, 0.717) is 23.1 Å². The lowest BCUT2D eigenvalue weighted by molar-refractivity contribution is 0.0776. The van der Waals surface area contributed by atoms with Gasteiger partial charge in [0.2, 0.25) is 0 Å². The molecule has 0 N–H and O–H groups in total. The number of rotatable bonds is 6. The number of amides is 1. The number of nitrogens with zero attached hydrogens (tertiary/aromatic N) is 3. The summed E-state index contributed by atoms with van der Waals surface area (Å²) < 4.78 is 20.2. The summed E-state index contributed by atoms with van der Waals surface area (Å²) in [4.78, 5) is 19.0. The Labute approximate surface area is 161 Å². The highest BCUT2D eigenvalue weighted by Crippen LogP contribution is 2.23. The Morgan fingerprint density at radius 1 is 1.19 bits per heavy atom. The van der Waals surface area contributed by atoms with Crippen molar-refractivity contribution in [3.63, 3.8) is 0 Å². The molecule has 0 aliphatic carbocycles. The molecule has 1 heterocycles. The number of carbonyl (C=O) groups is 1. The first-order valence-corrected chi connectivity index (χ1v) is 9.52. The van der Waals surface area contributed by atoms with Crippen LogP contribution in [0.4, 0.5) is 4.39 Å². The zero-order valence-electron chi connectivity index (χ0n) is 15.3. The Balaban J connectivity index is 1.87. The summed E-state index contributed by atoms with van der Waals surface area (Å²) >= 11 is 1.43. The summed E-state index contributed by atoms with van der Waals surface area (Å²) in [6, 6.07) is 13.6. The number of ether oxygens (including phenoxy) is 1. The lowest BCUT2D eigenvalue weighted by Crippen LogP contribution is -2.28. The number of halogens is 1. The molecule has 0 radical (unpaired) electrons. The summed E-state index contributed by atoms with van der Waals surface area (Å²) in [6.07, 6.45) is 3.44. The smallest absolute Gasteiger partial charge is 0.272 e. The van der Waals surface area contributed by atoms with Gasteiger partial charge >= 0.3 is 0 Å². The van der Waals surface area contributed by atoms with Crippen molar-refractivity contribution in [2.75, 3.05) is 20.4 Å². The Hall–Kier alpha value is -2.80. The fourth-order valence-electron chi connectivity index (χ4n) is 2.74. The van der Waals surface area contributed by atoms with Gasteiger partial charge in [-0.1, -0.05) is 23.9 Å². The molecule has 3 aromatic rings. The molecule has 0 spiro atoms. The number of methoxy groups -OCH3 is 1. The molecule has 1 aromatic heterocycles. The second kappa shape index (κ2) is 8.26. The van der Waals surface area contributed by atoms with Gasteiger partial charge in [-0.3, -0.25) is 9.36 Å². The summed E-state index contributed by atoms with van der Waals surface area (Å²) in [7, 11) is 3.36. The first-order valence-electron chi connectivity index (χ1n) is 8.29. The number of thioether (sulfide) groups is 1. The summed E-state index contributed by atoms with van der Waals surface area (Å²) in [5, 5.41) is 0.669. The van der Waals surface area contributed by atoms with Crippen LogP contribution >= 0.6 is 11.8 Å². The van der Waals surface area contributed by atoms with E-state index in [2.05, 4.69) is 4.98 Å². The second-order valence-electron chi connectivity index (χ2n) is 5.95. The molecular formula is C20H20FN3O2S. The topological polar surface area (TPSA) is 47.4 Å². The maximum Gasteiger partial charge on any atom is 0.272 e. The molecule has 7 heteroatoms. The van der Waals surface area contributed by atoms with E-state index in [1.165, 1.54) is 23.9 Å². The SMILES string of the molecule is COc1ccc(CN(C)C(=O)c2cnc(SC)n2-c2ccc(F)cc2)cc1. The fourth-order valence-corrected chi connectivity index (χ4v) is 3.29. The van der Waals surface area contributed by atoms with Gasteiger partial charge in [0.05, 0.1) is 13.3 Å². The van der Waals surface area contributed by atoms with Crippen LogP contribution < -0.4 is 4.74 Å². The van der Waals surface area contributed by atoms with Gasteiger partial charge in [-0.2, -0.15) is 0 Å². The van der Waals surface area contributed by atoms with Crippen LogP contribution in [0.2, 0.25) is 0 Å². The van der Waals surface area contributed by atoms with E-state index in [-0.39, 0.29) is 11.7 Å². The highest BCUT2D eigenvalue weighted by atomic mass is 32.2. The van der Waals surface area contributed by atoms with Crippen LogP contribution in [-0.4, -0.2) is 40.8 Å². The minimum atomic E-state index is -0.325. The average Bonchev–Trinajstić information content (AvgIpc) is 3.12. The van der Waals surface area contributed by atoms with Gasteiger partial charge in [0.1, 0.15) is 17.3 Å². The molecule has 27 heavy (non-hydrogen) atoms. The summed E-state index contributed by atoms with van der Waals surface area (Å²) in [6.45, 7) is 0.450. The Bertz CT molecular complexity index is 923. The number of aromatic nitrogens is 2. The third-order valence-corrected chi connectivity index (χ3v) is 4.79. The normalized spacial score (nSPS) is 10.7. The highest BCUT2D eigenvalue weighted by molar-refractivity contribution is 7.98. The number of carbonyl (C=O) groups excluding carboxylic acids is 1. The minimum Gasteiger partial charge on any atom is -0.497 e. The molecule has 0 saturated heterocycles. The average molecular weight is 385 g/mol. The van der Waals surface area contributed by atoms with E-state index in [0.717, 1.165) is 11.3 Å². The molecule has 0 aliphatic rings. The third kappa shape index (κ3) is 4.14. The molecule has 2 aromatic carbocycles. The first-order chi connectivity index (χ1) is 13.0. The molecule has 0 aliphatic heterocycles. The monoisotopic (exact) mass is 385 g/mol. The number of hydrogen-bond donors (Lipinski definition) is 0. The molecule has 3 rings (SSSR count). The van der Waals surface area contributed by atoms with Gasteiger partial charge in [0, 0.05) is 19.3 Å². The van der Waals surface area contributed by atoms with Crippen molar-refractivity contribution in [1.29, 1.82) is 0 Å². The molecular weight excluding hydrogens is 365 g/mol. The van der Waals surface area contributed by atoms with Crippen molar-refractivity contribution in [2.24, 2.45) is 0 Å². The summed E-state index contributed by atoms with van der Waals surface area (Å²) in [5.74, 6) is 0.281. The van der Waals surface area contributed by atoms with E-state index in [1.807, 2.05) is 30.5 Å². The molecule has 0 saturated carbocycles. The minimum absolute atomic E-state index is 0.164. The maximum absolute atomic E-state index is 13.3. The zero-order chi connectivity index (χ0) is 19.4. The number of hydrogen-bond acceptors (Lipinski definition) is 4. The van der Waals surface area contributed by atoms with Gasteiger partial charge < -0.3 is 9.64 Å². The van der Waals surface area contributed by atoms with Crippen LogP contribution in [0.1, 0.15) is 16.1 Å². The van der Waals surface area contributed by atoms with Crippen molar-refractivity contribution in [1.82, 2.24) is 14.5 Å². The second-order valence-corrected chi connectivity index (χ2v) is 6.72. The van der Waals surface area contributed by atoms with Crippen molar-refractivity contribution < 1.29 is 13.9 Å². The van der Waals surface area contributed by atoms with Crippen molar-refractivity contribution >= 4 is 17.7 Å². The van der Waals surface area contributed by atoms with Gasteiger partial charge in [-0.15, -0.1) is 0 Å². The molecule has 0 bridgehead atoms. The Morgan fingerprint density at radius 2 is 1.85 bits per heavy atom. The molecule has 5 nitrogen and oxygen atoms in total. The number of benzene rings is 2. The van der Waals surface area contributed by atoms with Crippen LogP contribution in [0, 0.1) is 5.82 Å². The van der Waals surface area contributed by atoms with Crippen LogP contribution in [0.15, 0.2) is 59.9 Å².